The average Bonchev–Trinajstić information content (AvgIpc) is 2.91. The normalized spacial score (nSPS) is 14.7. The van der Waals surface area contributed by atoms with Crippen LogP contribution >= 0.6 is 11.6 Å². The molecule has 0 atom stereocenters. The number of carbonyl (C=O) groups is 1. The smallest absolute Gasteiger partial charge is 0.489 e. The number of aryl methyl sites for hydroxylation is 1. The van der Waals surface area contributed by atoms with E-state index in [1.54, 1.807) is 6.07 Å². The number of hydrogen-bond donors (Lipinski definition) is 1. The summed E-state index contributed by atoms with van der Waals surface area (Å²) in [7, 11) is 0. The number of carboxylic acid groups (broad SMARTS) is 1. The van der Waals surface area contributed by atoms with E-state index in [1.165, 1.54) is 12.1 Å². The summed E-state index contributed by atoms with van der Waals surface area (Å²) in [6.07, 6.45) is -4.66. The van der Waals surface area contributed by atoms with Gasteiger partial charge in [-0.15, -0.1) is 13.2 Å². The van der Waals surface area contributed by atoms with Crippen molar-refractivity contribution in [2.75, 3.05) is 0 Å². The maximum Gasteiger partial charge on any atom is 0.573 e. The first kappa shape index (κ1) is 22.1. The third kappa shape index (κ3) is 5.72. The number of carboxylic acids is 1. The highest BCUT2D eigenvalue weighted by atomic mass is 35.5. The van der Waals surface area contributed by atoms with Crippen LogP contribution in [0.2, 0.25) is 5.02 Å². The maximum atomic E-state index is 12.8. The SMILES string of the molecule is CC1(C)Cc2cc(Cl)cc(COc3ccc(CCC(=O)O)c(OC(F)(F)F)c3)c2O1. The zero-order valence-corrected chi connectivity index (χ0v) is 17.1. The standard InChI is InChI=1S/C21H20ClF3O5/c1-20(2)10-13-7-15(22)8-14(19(13)30-20)11-28-16-5-3-12(4-6-18(26)27)17(9-16)29-21(23,24)25/h3,5,7-9H,4,6,10-11H2,1-2H3,(H,26,27). The van der Waals surface area contributed by atoms with Crippen LogP contribution in [0.1, 0.15) is 37.0 Å². The molecule has 0 bridgehead atoms. The summed E-state index contributed by atoms with van der Waals surface area (Å²) in [6.45, 7) is 3.92. The molecule has 30 heavy (non-hydrogen) atoms. The van der Waals surface area contributed by atoms with E-state index in [2.05, 4.69) is 4.74 Å². The summed E-state index contributed by atoms with van der Waals surface area (Å²) in [5.41, 5.74) is 1.35. The van der Waals surface area contributed by atoms with E-state index in [1.807, 2.05) is 19.9 Å². The molecule has 1 aliphatic rings. The van der Waals surface area contributed by atoms with Crippen LogP contribution < -0.4 is 14.2 Å². The number of rotatable bonds is 7. The second-order valence-electron chi connectivity index (χ2n) is 7.59. The van der Waals surface area contributed by atoms with Crippen molar-refractivity contribution in [2.45, 2.75) is 51.7 Å². The molecule has 2 aromatic carbocycles. The van der Waals surface area contributed by atoms with Gasteiger partial charge in [-0.3, -0.25) is 4.79 Å². The number of aliphatic carboxylic acids is 1. The first-order valence-electron chi connectivity index (χ1n) is 9.15. The molecule has 0 amide bonds. The lowest BCUT2D eigenvalue weighted by atomic mass is 10.0. The van der Waals surface area contributed by atoms with E-state index in [4.69, 9.17) is 26.2 Å². The number of alkyl halides is 3. The lowest BCUT2D eigenvalue weighted by Crippen LogP contribution is -2.25. The highest BCUT2D eigenvalue weighted by molar-refractivity contribution is 6.30. The van der Waals surface area contributed by atoms with Gasteiger partial charge in [-0.1, -0.05) is 17.7 Å². The molecule has 0 radical (unpaired) electrons. The van der Waals surface area contributed by atoms with Gasteiger partial charge in [0.15, 0.2) is 0 Å². The quantitative estimate of drug-likeness (QED) is 0.606. The number of ether oxygens (including phenoxy) is 3. The Kier molecular flexibility index (Phi) is 6.08. The van der Waals surface area contributed by atoms with Crippen molar-refractivity contribution >= 4 is 17.6 Å². The minimum absolute atomic E-state index is 0.0267. The van der Waals surface area contributed by atoms with Gasteiger partial charge in [-0.25, -0.2) is 0 Å². The van der Waals surface area contributed by atoms with E-state index < -0.39 is 18.1 Å². The molecule has 0 unspecified atom stereocenters. The summed E-state index contributed by atoms with van der Waals surface area (Å²) >= 11 is 6.18. The predicted octanol–water partition coefficient (Wildman–Crippen LogP) is 5.55. The third-order valence-corrected chi connectivity index (χ3v) is 4.69. The van der Waals surface area contributed by atoms with Crippen LogP contribution in [-0.4, -0.2) is 23.0 Å². The van der Waals surface area contributed by atoms with E-state index in [0.717, 1.165) is 11.6 Å². The van der Waals surface area contributed by atoms with Crippen LogP contribution in [0.3, 0.4) is 0 Å². The van der Waals surface area contributed by atoms with Gasteiger partial charge in [0, 0.05) is 29.5 Å². The van der Waals surface area contributed by atoms with Crippen LogP contribution in [0.5, 0.6) is 17.2 Å². The van der Waals surface area contributed by atoms with Crippen LogP contribution in [0.15, 0.2) is 30.3 Å². The summed E-state index contributed by atoms with van der Waals surface area (Å²) in [6, 6.07) is 7.44. The van der Waals surface area contributed by atoms with Crippen molar-refractivity contribution in [3.05, 3.63) is 52.0 Å². The lowest BCUT2D eigenvalue weighted by Gasteiger charge is -2.19. The van der Waals surface area contributed by atoms with Crippen molar-refractivity contribution in [1.29, 1.82) is 0 Å². The monoisotopic (exact) mass is 444 g/mol. The Hall–Kier alpha value is -2.61. The zero-order valence-electron chi connectivity index (χ0n) is 16.3. The summed E-state index contributed by atoms with van der Waals surface area (Å²) in [5.74, 6) is -0.811. The number of fused-ring (bicyclic) bond motifs is 1. The Morgan fingerprint density at radius 3 is 2.63 bits per heavy atom. The van der Waals surface area contributed by atoms with Crippen molar-refractivity contribution in [2.24, 2.45) is 0 Å². The predicted molar refractivity (Wildman–Crippen MR) is 103 cm³/mol. The van der Waals surface area contributed by atoms with Crippen LogP contribution in [0.4, 0.5) is 13.2 Å². The molecule has 0 aliphatic carbocycles. The van der Waals surface area contributed by atoms with Gasteiger partial charge in [-0.05, 0) is 49.6 Å². The summed E-state index contributed by atoms with van der Waals surface area (Å²) < 4.78 is 54.0. The molecule has 5 nitrogen and oxygen atoms in total. The second-order valence-corrected chi connectivity index (χ2v) is 8.03. The van der Waals surface area contributed by atoms with Crippen molar-refractivity contribution in [1.82, 2.24) is 0 Å². The van der Waals surface area contributed by atoms with Gasteiger partial charge in [0.1, 0.15) is 29.5 Å². The molecule has 9 heteroatoms. The minimum atomic E-state index is -4.91. The summed E-state index contributed by atoms with van der Waals surface area (Å²) in [4.78, 5) is 10.8. The van der Waals surface area contributed by atoms with Gasteiger partial charge < -0.3 is 19.3 Å². The highest BCUT2D eigenvalue weighted by Gasteiger charge is 2.33. The Bertz CT molecular complexity index is 956. The molecule has 0 spiro atoms. The Morgan fingerprint density at radius 1 is 1.23 bits per heavy atom. The fourth-order valence-electron chi connectivity index (χ4n) is 3.31. The fraction of sp³-hybridized carbons (Fsp3) is 0.381. The Morgan fingerprint density at radius 2 is 1.97 bits per heavy atom. The van der Waals surface area contributed by atoms with Crippen molar-refractivity contribution in [3.8, 4) is 17.2 Å². The Labute approximate surface area is 176 Å². The maximum absolute atomic E-state index is 12.8. The third-order valence-electron chi connectivity index (χ3n) is 4.47. The molecule has 0 saturated carbocycles. The molecular formula is C21H20ClF3O5. The van der Waals surface area contributed by atoms with Crippen LogP contribution in [0.25, 0.3) is 0 Å². The number of hydrogen-bond acceptors (Lipinski definition) is 4. The largest absolute Gasteiger partial charge is 0.573 e. The first-order valence-corrected chi connectivity index (χ1v) is 9.53. The molecule has 1 N–H and O–H groups in total. The topological polar surface area (TPSA) is 65.0 Å². The molecule has 0 saturated heterocycles. The van der Waals surface area contributed by atoms with E-state index >= 15 is 0 Å². The highest BCUT2D eigenvalue weighted by Crippen LogP contribution is 2.40. The molecule has 162 valence electrons. The van der Waals surface area contributed by atoms with Crippen molar-refractivity contribution < 1.29 is 37.3 Å². The van der Waals surface area contributed by atoms with Gasteiger partial charge >= 0.3 is 12.3 Å². The molecule has 1 aliphatic heterocycles. The molecular weight excluding hydrogens is 425 g/mol. The first-order chi connectivity index (χ1) is 13.9. The fourth-order valence-corrected chi connectivity index (χ4v) is 3.57. The Balaban J connectivity index is 1.81. The van der Waals surface area contributed by atoms with E-state index in [0.29, 0.717) is 22.8 Å². The zero-order chi connectivity index (χ0) is 22.1. The molecule has 1 heterocycles. The van der Waals surface area contributed by atoms with Gasteiger partial charge in [-0.2, -0.15) is 0 Å². The molecule has 0 aromatic heterocycles. The van der Waals surface area contributed by atoms with E-state index in [-0.39, 0.29) is 36.4 Å². The number of halogens is 4. The van der Waals surface area contributed by atoms with Gasteiger partial charge in [0.25, 0.3) is 0 Å². The van der Waals surface area contributed by atoms with Gasteiger partial charge in [0.2, 0.25) is 0 Å². The number of benzene rings is 2. The second kappa shape index (κ2) is 8.26. The minimum Gasteiger partial charge on any atom is -0.489 e. The van der Waals surface area contributed by atoms with E-state index in [9.17, 15) is 18.0 Å². The summed E-state index contributed by atoms with van der Waals surface area (Å²) in [5, 5.41) is 9.30. The average molecular weight is 445 g/mol. The lowest BCUT2D eigenvalue weighted by molar-refractivity contribution is -0.274. The molecule has 3 rings (SSSR count). The van der Waals surface area contributed by atoms with Crippen molar-refractivity contribution in [3.63, 3.8) is 0 Å². The van der Waals surface area contributed by atoms with Crippen LogP contribution in [-0.2, 0) is 24.2 Å². The molecule has 2 aromatic rings. The van der Waals surface area contributed by atoms with Gasteiger partial charge in [0.05, 0.1) is 0 Å². The molecule has 0 fully saturated rings. The van der Waals surface area contributed by atoms with Crippen LogP contribution in [0, 0.1) is 0 Å².